The number of carboxylic acid groups (broad SMARTS) is 1. The van der Waals surface area contributed by atoms with Crippen LogP contribution in [0.1, 0.15) is 31.7 Å². The minimum absolute atomic E-state index is 0.00278. The molecule has 9 N–H and O–H groups in total. The van der Waals surface area contributed by atoms with Crippen molar-refractivity contribution < 1.29 is 29.4 Å². The number of carbonyl (C=O) groups excluding carboxylic acids is 3. The first-order valence-electron chi connectivity index (χ1n) is 11.1. The summed E-state index contributed by atoms with van der Waals surface area (Å²) in [4.78, 5) is 63.1. The summed E-state index contributed by atoms with van der Waals surface area (Å²) in [5, 5.41) is 26.4. The number of nitrogens with two attached hydrogens (primary N) is 1. The summed E-state index contributed by atoms with van der Waals surface area (Å²) < 4.78 is 0. The molecule has 4 unspecified atom stereocenters. The number of aromatic nitrogens is 4. The molecule has 192 valence electrons. The zero-order valence-corrected chi connectivity index (χ0v) is 19.5. The third kappa shape index (κ3) is 8.83. The second-order valence-corrected chi connectivity index (χ2v) is 8.50. The zero-order chi connectivity index (χ0) is 26.0. The number of aliphatic carboxylic acids is 1. The van der Waals surface area contributed by atoms with Crippen LogP contribution in [0.2, 0.25) is 0 Å². The SMILES string of the molecule is CC(C)CC(NC(=O)C(Cc1cnc[nH]1)NC(=O)C(CO)NC(=O)C(N)Cc1cnc[nH]1)C(=O)O. The molecular weight excluding hydrogens is 460 g/mol. The van der Waals surface area contributed by atoms with Crippen LogP contribution in [0.15, 0.2) is 25.0 Å². The molecule has 4 atom stereocenters. The normalized spacial score (nSPS) is 14.5. The Balaban J connectivity index is 2.08. The van der Waals surface area contributed by atoms with Crippen molar-refractivity contribution in [1.82, 2.24) is 35.9 Å². The minimum atomic E-state index is -1.39. The number of aliphatic hydroxyl groups is 1. The van der Waals surface area contributed by atoms with Gasteiger partial charge >= 0.3 is 5.97 Å². The summed E-state index contributed by atoms with van der Waals surface area (Å²) in [7, 11) is 0. The van der Waals surface area contributed by atoms with E-state index in [1.807, 2.05) is 13.8 Å². The van der Waals surface area contributed by atoms with Crippen molar-refractivity contribution in [3.05, 3.63) is 36.4 Å². The fourth-order valence-corrected chi connectivity index (χ4v) is 3.26. The van der Waals surface area contributed by atoms with Crippen LogP contribution in [0.25, 0.3) is 0 Å². The molecule has 0 spiro atoms. The number of aromatic amines is 2. The smallest absolute Gasteiger partial charge is 0.326 e. The number of nitrogens with one attached hydrogen (secondary N) is 5. The van der Waals surface area contributed by atoms with Gasteiger partial charge in [-0.05, 0) is 12.3 Å². The topological polar surface area (TPSA) is 228 Å². The fraction of sp³-hybridized carbons (Fsp3) is 0.524. The Labute approximate surface area is 201 Å². The lowest BCUT2D eigenvalue weighted by molar-refractivity contribution is -0.142. The number of rotatable bonds is 14. The lowest BCUT2D eigenvalue weighted by Gasteiger charge is -2.24. The van der Waals surface area contributed by atoms with E-state index in [-0.39, 0.29) is 25.2 Å². The molecule has 0 saturated carbocycles. The highest BCUT2D eigenvalue weighted by Gasteiger charge is 2.31. The van der Waals surface area contributed by atoms with Crippen molar-refractivity contribution >= 4 is 23.7 Å². The van der Waals surface area contributed by atoms with E-state index < -0.39 is 54.5 Å². The van der Waals surface area contributed by atoms with E-state index in [1.54, 1.807) is 0 Å². The maximum Gasteiger partial charge on any atom is 0.326 e. The molecule has 14 heteroatoms. The van der Waals surface area contributed by atoms with Crippen molar-refractivity contribution in [1.29, 1.82) is 0 Å². The van der Waals surface area contributed by atoms with E-state index in [2.05, 4.69) is 35.9 Å². The van der Waals surface area contributed by atoms with Gasteiger partial charge in [-0.15, -0.1) is 0 Å². The quantitative estimate of drug-likeness (QED) is 0.143. The van der Waals surface area contributed by atoms with Gasteiger partial charge in [-0.2, -0.15) is 0 Å². The summed E-state index contributed by atoms with van der Waals surface area (Å²) in [6.07, 6.45) is 6.07. The number of carboxylic acids is 1. The van der Waals surface area contributed by atoms with Crippen LogP contribution < -0.4 is 21.7 Å². The molecular formula is C21H32N8O6. The van der Waals surface area contributed by atoms with Crippen molar-refractivity contribution in [2.24, 2.45) is 11.7 Å². The Morgan fingerprint density at radius 2 is 1.40 bits per heavy atom. The van der Waals surface area contributed by atoms with Crippen molar-refractivity contribution in [3.63, 3.8) is 0 Å². The predicted molar refractivity (Wildman–Crippen MR) is 123 cm³/mol. The molecule has 0 aliphatic heterocycles. The van der Waals surface area contributed by atoms with Crippen LogP contribution in [0, 0.1) is 5.92 Å². The fourth-order valence-electron chi connectivity index (χ4n) is 3.26. The van der Waals surface area contributed by atoms with Gasteiger partial charge in [-0.25, -0.2) is 14.8 Å². The van der Waals surface area contributed by atoms with Crippen LogP contribution in [0.4, 0.5) is 0 Å². The van der Waals surface area contributed by atoms with E-state index in [1.165, 1.54) is 25.0 Å². The zero-order valence-electron chi connectivity index (χ0n) is 19.5. The average molecular weight is 493 g/mol. The Bertz CT molecular complexity index is 963. The number of H-pyrrole nitrogens is 2. The summed E-state index contributed by atoms with van der Waals surface area (Å²) in [5.41, 5.74) is 6.99. The summed E-state index contributed by atoms with van der Waals surface area (Å²) >= 11 is 0. The number of amides is 3. The first-order valence-corrected chi connectivity index (χ1v) is 11.1. The van der Waals surface area contributed by atoms with Crippen LogP contribution in [-0.4, -0.2) is 84.6 Å². The summed E-state index contributed by atoms with van der Waals surface area (Å²) in [6, 6.07) is -4.77. The number of nitrogens with zero attached hydrogens (tertiary/aromatic N) is 2. The third-order valence-corrected chi connectivity index (χ3v) is 5.08. The van der Waals surface area contributed by atoms with Gasteiger partial charge in [0.05, 0.1) is 25.3 Å². The molecule has 3 amide bonds. The molecule has 0 aliphatic carbocycles. The van der Waals surface area contributed by atoms with Crippen molar-refractivity contribution in [3.8, 4) is 0 Å². The molecule has 0 saturated heterocycles. The summed E-state index contributed by atoms with van der Waals surface area (Å²) in [6.45, 7) is 2.88. The lowest BCUT2D eigenvalue weighted by Crippen LogP contribution is -2.58. The molecule has 14 nitrogen and oxygen atoms in total. The molecule has 0 aliphatic rings. The van der Waals surface area contributed by atoms with Gasteiger partial charge in [-0.3, -0.25) is 14.4 Å². The molecule has 2 heterocycles. The number of hydrogen-bond donors (Lipinski definition) is 8. The Morgan fingerprint density at radius 3 is 1.89 bits per heavy atom. The molecule has 0 radical (unpaired) electrons. The molecule has 0 aromatic carbocycles. The van der Waals surface area contributed by atoms with E-state index in [0.717, 1.165) is 0 Å². The molecule has 35 heavy (non-hydrogen) atoms. The molecule has 0 fully saturated rings. The summed E-state index contributed by atoms with van der Waals surface area (Å²) in [5.74, 6) is -3.47. The molecule has 2 aromatic heterocycles. The van der Waals surface area contributed by atoms with E-state index in [4.69, 9.17) is 5.73 Å². The lowest BCUT2D eigenvalue weighted by atomic mass is 10.0. The highest BCUT2D eigenvalue weighted by Crippen LogP contribution is 2.07. The number of imidazole rings is 2. The van der Waals surface area contributed by atoms with E-state index in [0.29, 0.717) is 11.4 Å². The van der Waals surface area contributed by atoms with E-state index in [9.17, 15) is 29.4 Å². The van der Waals surface area contributed by atoms with Crippen LogP contribution in [-0.2, 0) is 32.0 Å². The maximum absolute atomic E-state index is 12.9. The first-order chi connectivity index (χ1) is 16.6. The number of aliphatic hydroxyl groups excluding tert-OH is 1. The maximum atomic E-state index is 12.9. The number of carbonyl (C=O) groups is 4. The molecule has 2 aromatic rings. The van der Waals surface area contributed by atoms with Crippen molar-refractivity contribution in [2.45, 2.75) is 57.3 Å². The van der Waals surface area contributed by atoms with E-state index >= 15 is 0 Å². The first kappa shape index (κ1) is 27.5. The van der Waals surface area contributed by atoms with Gasteiger partial charge in [0.1, 0.15) is 18.1 Å². The average Bonchev–Trinajstić information content (AvgIpc) is 3.50. The van der Waals surface area contributed by atoms with Gasteiger partial charge in [0.2, 0.25) is 17.7 Å². The molecule has 0 bridgehead atoms. The van der Waals surface area contributed by atoms with Crippen LogP contribution >= 0.6 is 0 Å². The van der Waals surface area contributed by atoms with Crippen molar-refractivity contribution in [2.75, 3.05) is 6.61 Å². The van der Waals surface area contributed by atoms with Gasteiger partial charge in [0, 0.05) is 36.6 Å². The monoisotopic (exact) mass is 492 g/mol. The third-order valence-electron chi connectivity index (χ3n) is 5.08. The van der Waals surface area contributed by atoms with Crippen LogP contribution in [0.3, 0.4) is 0 Å². The standard InChI is InChI=1S/C21H32N8O6/c1-11(2)3-16(21(34)35)28-19(32)15(5-13-7-24-10-26-13)27-20(33)17(8-30)29-18(31)14(22)4-12-6-23-9-25-12/h6-7,9-11,14-17,30H,3-5,8,22H2,1-2H3,(H,23,25)(H,24,26)(H,27,33)(H,28,32)(H,29,31)(H,34,35). The Kier molecular flexibility index (Phi) is 10.4. The predicted octanol–water partition coefficient (Wildman–Crippen LogP) is -2.18. The second kappa shape index (κ2) is 13.2. The Hall–Kier alpha value is -3.78. The van der Waals surface area contributed by atoms with Gasteiger partial charge in [0.15, 0.2) is 0 Å². The highest BCUT2D eigenvalue weighted by molar-refractivity contribution is 5.94. The van der Waals surface area contributed by atoms with Gasteiger partial charge in [0.25, 0.3) is 0 Å². The second-order valence-electron chi connectivity index (χ2n) is 8.50. The van der Waals surface area contributed by atoms with Gasteiger partial charge < -0.3 is 41.9 Å². The highest BCUT2D eigenvalue weighted by atomic mass is 16.4. The van der Waals surface area contributed by atoms with Gasteiger partial charge in [-0.1, -0.05) is 13.8 Å². The minimum Gasteiger partial charge on any atom is -0.480 e. The largest absolute Gasteiger partial charge is 0.480 e. The molecule has 2 rings (SSSR count). The van der Waals surface area contributed by atoms with Crippen LogP contribution in [0.5, 0.6) is 0 Å². The number of hydrogen-bond acceptors (Lipinski definition) is 8. The Morgan fingerprint density at radius 1 is 0.886 bits per heavy atom.